The van der Waals surface area contributed by atoms with Gasteiger partial charge in [0, 0.05) is 47.5 Å². The second kappa shape index (κ2) is 8.24. The van der Waals surface area contributed by atoms with Gasteiger partial charge in [0.15, 0.2) is 0 Å². The summed E-state index contributed by atoms with van der Waals surface area (Å²) in [6.07, 6.45) is 1.57. The molecule has 1 aromatic carbocycles. The highest BCUT2D eigenvalue weighted by Crippen LogP contribution is 2.28. The summed E-state index contributed by atoms with van der Waals surface area (Å²) in [5.41, 5.74) is 3.41. The summed E-state index contributed by atoms with van der Waals surface area (Å²) in [7, 11) is 1.88. The Morgan fingerprint density at radius 3 is 2.38 bits per heavy atom. The van der Waals surface area contributed by atoms with Crippen LogP contribution in [0, 0.1) is 6.92 Å². The summed E-state index contributed by atoms with van der Waals surface area (Å²) < 4.78 is 0. The van der Waals surface area contributed by atoms with E-state index < -0.39 is 5.60 Å². The van der Waals surface area contributed by atoms with Crippen LogP contribution in [0.25, 0.3) is 11.3 Å². The van der Waals surface area contributed by atoms with Crippen LogP contribution in [-0.2, 0) is 6.54 Å². The number of nitrogens with zero attached hydrogens (tertiary/aromatic N) is 2. The normalized spacial score (nSPS) is 17.4. The minimum absolute atomic E-state index is 0.581. The summed E-state index contributed by atoms with van der Waals surface area (Å²) in [6, 6.07) is 9.71. The molecule has 0 aliphatic carbocycles. The lowest BCUT2D eigenvalue weighted by Crippen LogP contribution is -2.49. The van der Waals surface area contributed by atoms with E-state index in [2.05, 4.69) is 27.3 Å². The topological polar surface area (TPSA) is 48.4 Å². The number of benzene rings is 1. The smallest absolute Gasteiger partial charge is 0.0795 e. The first kappa shape index (κ1) is 19.6. The SMILES string of the molecule is CNCC1(O)CCN(Cc2cc(C)nc(-c3cc(Cl)cc(Cl)c3)c2)CC1. The standard InChI is InChI=1S/C20H25Cl2N3O/c1-14-7-15(12-25-5-3-20(26,4-6-25)13-23-2)8-19(24-14)16-9-17(21)11-18(22)10-16/h7-11,23,26H,3-6,12-13H2,1-2H3. The Balaban J connectivity index is 1.75. The van der Waals surface area contributed by atoms with Crippen LogP contribution in [-0.4, -0.2) is 47.3 Å². The van der Waals surface area contributed by atoms with Gasteiger partial charge in [-0.15, -0.1) is 0 Å². The maximum atomic E-state index is 10.5. The van der Waals surface area contributed by atoms with Gasteiger partial charge in [-0.2, -0.15) is 0 Å². The van der Waals surface area contributed by atoms with Gasteiger partial charge in [0.1, 0.15) is 0 Å². The van der Waals surface area contributed by atoms with Gasteiger partial charge < -0.3 is 10.4 Å². The molecule has 0 amide bonds. The van der Waals surface area contributed by atoms with E-state index in [4.69, 9.17) is 23.2 Å². The van der Waals surface area contributed by atoms with Gasteiger partial charge in [-0.05, 0) is 62.7 Å². The third kappa shape index (κ3) is 4.96. The zero-order valence-electron chi connectivity index (χ0n) is 15.2. The number of halogens is 2. The van der Waals surface area contributed by atoms with Crippen LogP contribution in [0.15, 0.2) is 30.3 Å². The molecule has 1 saturated heterocycles. The number of aryl methyl sites for hydroxylation is 1. The molecule has 1 aromatic heterocycles. The van der Waals surface area contributed by atoms with Crippen LogP contribution in [0.3, 0.4) is 0 Å². The molecule has 0 atom stereocenters. The number of likely N-dealkylation sites (N-methyl/N-ethyl adjacent to an activating group) is 1. The van der Waals surface area contributed by atoms with Gasteiger partial charge in [0.2, 0.25) is 0 Å². The molecule has 0 unspecified atom stereocenters. The van der Waals surface area contributed by atoms with Crippen LogP contribution >= 0.6 is 23.2 Å². The van der Waals surface area contributed by atoms with Crippen molar-refractivity contribution in [3.8, 4) is 11.3 Å². The van der Waals surface area contributed by atoms with Crippen molar-refractivity contribution in [1.29, 1.82) is 0 Å². The van der Waals surface area contributed by atoms with Crippen LogP contribution in [0.2, 0.25) is 10.0 Å². The number of hydrogen-bond acceptors (Lipinski definition) is 4. The fourth-order valence-electron chi connectivity index (χ4n) is 3.57. The summed E-state index contributed by atoms with van der Waals surface area (Å²) in [5, 5.41) is 14.8. The molecule has 3 rings (SSSR count). The lowest BCUT2D eigenvalue weighted by atomic mass is 9.91. The minimum atomic E-state index is -0.581. The fourth-order valence-corrected chi connectivity index (χ4v) is 4.10. The molecule has 2 aromatic rings. The van der Waals surface area contributed by atoms with E-state index in [1.807, 2.05) is 26.1 Å². The first-order chi connectivity index (χ1) is 12.4. The van der Waals surface area contributed by atoms with E-state index in [1.165, 1.54) is 5.56 Å². The molecule has 1 aliphatic rings. The van der Waals surface area contributed by atoms with Crippen molar-refractivity contribution in [3.05, 3.63) is 51.6 Å². The molecule has 4 nitrogen and oxygen atoms in total. The van der Waals surface area contributed by atoms with Gasteiger partial charge in [0.25, 0.3) is 0 Å². The molecule has 2 N–H and O–H groups in total. The van der Waals surface area contributed by atoms with Gasteiger partial charge >= 0.3 is 0 Å². The number of pyridine rings is 1. The Hall–Kier alpha value is -1.17. The summed E-state index contributed by atoms with van der Waals surface area (Å²) in [5.74, 6) is 0. The van der Waals surface area contributed by atoms with E-state index >= 15 is 0 Å². The molecule has 0 bridgehead atoms. The minimum Gasteiger partial charge on any atom is -0.388 e. The molecule has 0 radical (unpaired) electrons. The second-order valence-corrected chi connectivity index (χ2v) is 8.06. The zero-order chi connectivity index (χ0) is 18.7. The highest BCUT2D eigenvalue weighted by Gasteiger charge is 2.31. The lowest BCUT2D eigenvalue weighted by molar-refractivity contribution is -0.0203. The third-order valence-electron chi connectivity index (χ3n) is 4.87. The molecule has 2 heterocycles. The predicted octanol–water partition coefficient (Wildman–Crippen LogP) is 3.91. The Labute approximate surface area is 165 Å². The maximum absolute atomic E-state index is 10.5. The highest BCUT2D eigenvalue weighted by atomic mass is 35.5. The van der Waals surface area contributed by atoms with Crippen LogP contribution in [0.1, 0.15) is 24.1 Å². The first-order valence-electron chi connectivity index (χ1n) is 8.90. The van der Waals surface area contributed by atoms with E-state index in [9.17, 15) is 5.11 Å². The number of likely N-dealkylation sites (tertiary alicyclic amines) is 1. The monoisotopic (exact) mass is 393 g/mol. The first-order valence-corrected chi connectivity index (χ1v) is 9.66. The lowest BCUT2D eigenvalue weighted by Gasteiger charge is -2.38. The van der Waals surface area contributed by atoms with Crippen molar-refractivity contribution in [3.63, 3.8) is 0 Å². The van der Waals surface area contributed by atoms with Gasteiger partial charge in [-0.3, -0.25) is 9.88 Å². The van der Waals surface area contributed by atoms with E-state index in [0.717, 1.165) is 49.4 Å². The molecule has 1 aliphatic heterocycles. The van der Waals surface area contributed by atoms with Crippen LogP contribution in [0.5, 0.6) is 0 Å². The number of aromatic nitrogens is 1. The third-order valence-corrected chi connectivity index (χ3v) is 5.31. The predicted molar refractivity (Wildman–Crippen MR) is 108 cm³/mol. The Morgan fingerprint density at radius 2 is 1.77 bits per heavy atom. The molecular formula is C20H25Cl2N3O. The number of rotatable bonds is 5. The van der Waals surface area contributed by atoms with Crippen molar-refractivity contribution in [2.45, 2.75) is 31.9 Å². The number of nitrogens with one attached hydrogen (secondary N) is 1. The quantitative estimate of drug-likeness (QED) is 0.808. The second-order valence-electron chi connectivity index (χ2n) is 7.19. The molecule has 26 heavy (non-hydrogen) atoms. The molecule has 140 valence electrons. The Bertz CT molecular complexity index is 753. The Kier molecular flexibility index (Phi) is 6.21. The van der Waals surface area contributed by atoms with Gasteiger partial charge in [0.05, 0.1) is 11.3 Å². The van der Waals surface area contributed by atoms with Crippen molar-refractivity contribution in [1.82, 2.24) is 15.2 Å². The van der Waals surface area contributed by atoms with E-state index in [0.29, 0.717) is 16.6 Å². The number of hydrogen-bond donors (Lipinski definition) is 2. The van der Waals surface area contributed by atoms with Crippen LogP contribution < -0.4 is 5.32 Å². The number of aliphatic hydroxyl groups is 1. The summed E-state index contributed by atoms with van der Waals surface area (Å²) in [6.45, 7) is 5.27. The van der Waals surface area contributed by atoms with Crippen molar-refractivity contribution < 1.29 is 5.11 Å². The molecule has 1 fully saturated rings. The summed E-state index contributed by atoms with van der Waals surface area (Å²) in [4.78, 5) is 7.03. The van der Waals surface area contributed by atoms with Crippen molar-refractivity contribution in [2.75, 3.05) is 26.7 Å². The Morgan fingerprint density at radius 1 is 1.12 bits per heavy atom. The van der Waals surface area contributed by atoms with Crippen LogP contribution in [0.4, 0.5) is 0 Å². The molecule has 0 spiro atoms. The highest BCUT2D eigenvalue weighted by molar-refractivity contribution is 6.35. The van der Waals surface area contributed by atoms with Gasteiger partial charge in [-0.1, -0.05) is 23.2 Å². The molecule has 6 heteroatoms. The summed E-state index contributed by atoms with van der Waals surface area (Å²) >= 11 is 12.3. The zero-order valence-corrected chi connectivity index (χ0v) is 16.7. The molecule has 0 saturated carbocycles. The van der Waals surface area contributed by atoms with E-state index in [-0.39, 0.29) is 0 Å². The average molecular weight is 394 g/mol. The number of piperidine rings is 1. The molecular weight excluding hydrogens is 369 g/mol. The fraction of sp³-hybridized carbons (Fsp3) is 0.450. The average Bonchev–Trinajstić information content (AvgIpc) is 2.56. The van der Waals surface area contributed by atoms with Crippen molar-refractivity contribution in [2.24, 2.45) is 0 Å². The van der Waals surface area contributed by atoms with E-state index in [1.54, 1.807) is 6.07 Å². The van der Waals surface area contributed by atoms with Gasteiger partial charge in [-0.25, -0.2) is 0 Å². The largest absolute Gasteiger partial charge is 0.388 e. The van der Waals surface area contributed by atoms with Crippen molar-refractivity contribution >= 4 is 23.2 Å². The maximum Gasteiger partial charge on any atom is 0.0795 e.